The van der Waals surface area contributed by atoms with E-state index in [1.54, 1.807) is 0 Å². The number of benzene rings is 6. The second kappa shape index (κ2) is 11.5. The molecule has 1 aliphatic rings. The second-order valence-electron chi connectivity index (χ2n) is 13.3. The van der Waals surface area contributed by atoms with Crippen molar-refractivity contribution < 1.29 is 9.31 Å². The zero-order valence-electron chi connectivity index (χ0n) is 27.1. The molecule has 47 heavy (non-hydrogen) atoms. The first-order valence-corrected chi connectivity index (χ1v) is 17.0. The molecule has 0 radical (unpaired) electrons. The van der Waals surface area contributed by atoms with Crippen molar-refractivity contribution in [2.24, 2.45) is 0 Å². The zero-order chi connectivity index (χ0) is 32.2. The molecular formula is C42H36BNO2S. The van der Waals surface area contributed by atoms with Gasteiger partial charge in [0.25, 0.3) is 0 Å². The summed E-state index contributed by atoms with van der Waals surface area (Å²) in [7, 11) is -0.389. The lowest BCUT2D eigenvalue weighted by Crippen LogP contribution is -2.41. The number of fused-ring (bicyclic) bond motifs is 3. The summed E-state index contributed by atoms with van der Waals surface area (Å²) in [5.74, 6) is 0. The minimum absolute atomic E-state index is 0.377. The summed E-state index contributed by atoms with van der Waals surface area (Å²) in [6, 6.07) is 52.2. The van der Waals surface area contributed by atoms with Crippen molar-refractivity contribution in [2.45, 2.75) is 38.9 Å². The normalized spacial score (nSPS) is 15.4. The number of para-hydroxylation sites is 2. The van der Waals surface area contributed by atoms with Crippen molar-refractivity contribution in [3.63, 3.8) is 0 Å². The summed E-state index contributed by atoms with van der Waals surface area (Å²) in [5.41, 5.74) is 8.39. The lowest BCUT2D eigenvalue weighted by Gasteiger charge is -2.32. The van der Waals surface area contributed by atoms with Crippen molar-refractivity contribution in [1.82, 2.24) is 0 Å². The van der Waals surface area contributed by atoms with E-state index in [1.165, 1.54) is 31.3 Å². The lowest BCUT2D eigenvalue weighted by atomic mass is 9.78. The number of hydrogen-bond donors (Lipinski definition) is 0. The van der Waals surface area contributed by atoms with Gasteiger partial charge in [0, 0.05) is 42.8 Å². The Morgan fingerprint density at radius 3 is 1.77 bits per heavy atom. The molecule has 7 aromatic rings. The van der Waals surface area contributed by atoms with Crippen LogP contribution in [0, 0.1) is 0 Å². The highest BCUT2D eigenvalue weighted by atomic mass is 32.1. The molecule has 1 aromatic heterocycles. The molecule has 0 bridgehead atoms. The summed E-state index contributed by atoms with van der Waals surface area (Å²) in [4.78, 5) is 2.35. The molecule has 1 saturated heterocycles. The molecule has 0 aliphatic carbocycles. The molecule has 0 N–H and O–H groups in total. The average molecular weight is 630 g/mol. The molecule has 2 heterocycles. The van der Waals surface area contributed by atoms with E-state index in [9.17, 15) is 0 Å². The van der Waals surface area contributed by atoms with Gasteiger partial charge in [0.1, 0.15) is 0 Å². The maximum absolute atomic E-state index is 6.35. The Morgan fingerprint density at radius 2 is 1.11 bits per heavy atom. The molecule has 0 amide bonds. The first kappa shape index (κ1) is 29.7. The minimum atomic E-state index is -0.389. The van der Waals surface area contributed by atoms with Crippen LogP contribution in [0.15, 0.2) is 146 Å². The molecule has 0 saturated carbocycles. The van der Waals surface area contributed by atoms with Crippen LogP contribution in [-0.2, 0) is 9.31 Å². The fourth-order valence-corrected chi connectivity index (χ4v) is 7.66. The Morgan fingerprint density at radius 1 is 0.511 bits per heavy atom. The topological polar surface area (TPSA) is 21.7 Å². The maximum Gasteiger partial charge on any atom is 0.494 e. The fraction of sp³-hybridized carbons (Fsp3) is 0.143. The summed E-state index contributed by atoms with van der Waals surface area (Å²) >= 11 is 1.87. The van der Waals surface area contributed by atoms with Gasteiger partial charge in [-0.3, -0.25) is 0 Å². The second-order valence-corrected chi connectivity index (χ2v) is 14.3. The standard InChI is InChI=1S/C42H36BNO2S/c1-41(2)42(3,4)46-43(45-41)32-15-13-14-31(26-32)29-22-24-30(25-23-29)37-27-35(28-38-36-20-11-12-21-39(36)47-40(37)38)44(33-16-7-5-8-17-33)34-18-9-6-10-19-34/h5-28H,1-4H3. The summed E-state index contributed by atoms with van der Waals surface area (Å²) < 4.78 is 15.3. The van der Waals surface area contributed by atoms with Gasteiger partial charge in [-0.05, 0) is 92.3 Å². The van der Waals surface area contributed by atoms with Crippen molar-refractivity contribution in [2.75, 3.05) is 4.90 Å². The third-order valence-electron chi connectivity index (χ3n) is 9.69. The monoisotopic (exact) mass is 629 g/mol. The third-order valence-corrected chi connectivity index (χ3v) is 10.9. The fourth-order valence-electron chi connectivity index (χ4n) is 6.44. The molecule has 230 valence electrons. The molecule has 1 aliphatic heterocycles. The molecule has 3 nitrogen and oxygen atoms in total. The van der Waals surface area contributed by atoms with Crippen LogP contribution in [0.2, 0.25) is 0 Å². The molecular weight excluding hydrogens is 593 g/mol. The number of hydrogen-bond acceptors (Lipinski definition) is 4. The van der Waals surface area contributed by atoms with Gasteiger partial charge < -0.3 is 14.2 Å². The molecule has 0 unspecified atom stereocenters. The first-order chi connectivity index (χ1) is 22.8. The summed E-state index contributed by atoms with van der Waals surface area (Å²) in [6.07, 6.45) is 0. The number of rotatable bonds is 6. The largest absolute Gasteiger partial charge is 0.494 e. The van der Waals surface area contributed by atoms with E-state index < -0.39 is 0 Å². The van der Waals surface area contributed by atoms with Crippen LogP contribution in [-0.4, -0.2) is 18.3 Å². The Bertz CT molecular complexity index is 2150. The summed E-state index contributed by atoms with van der Waals surface area (Å²) in [6.45, 7) is 8.38. The lowest BCUT2D eigenvalue weighted by molar-refractivity contribution is 0.00578. The van der Waals surface area contributed by atoms with Crippen molar-refractivity contribution >= 4 is 61.2 Å². The Labute approximate surface area is 281 Å². The highest BCUT2D eigenvalue weighted by Crippen LogP contribution is 2.45. The van der Waals surface area contributed by atoms with E-state index in [0.29, 0.717) is 0 Å². The highest BCUT2D eigenvalue weighted by Gasteiger charge is 2.51. The zero-order valence-corrected chi connectivity index (χ0v) is 27.9. The van der Waals surface area contributed by atoms with Gasteiger partial charge in [0.15, 0.2) is 0 Å². The van der Waals surface area contributed by atoms with E-state index in [2.05, 4.69) is 178 Å². The molecule has 0 spiro atoms. The predicted octanol–water partition coefficient (Wildman–Crippen LogP) is 11.2. The van der Waals surface area contributed by atoms with Gasteiger partial charge in [-0.2, -0.15) is 0 Å². The van der Waals surface area contributed by atoms with Gasteiger partial charge in [-0.15, -0.1) is 11.3 Å². The number of nitrogens with zero attached hydrogens (tertiary/aromatic N) is 1. The Kier molecular flexibility index (Phi) is 7.29. The van der Waals surface area contributed by atoms with Gasteiger partial charge in [0.2, 0.25) is 0 Å². The average Bonchev–Trinajstić information content (AvgIpc) is 3.58. The van der Waals surface area contributed by atoms with E-state index in [4.69, 9.17) is 9.31 Å². The van der Waals surface area contributed by atoms with Crippen LogP contribution < -0.4 is 10.4 Å². The molecule has 5 heteroatoms. The SMILES string of the molecule is CC1(C)OB(c2cccc(-c3ccc(-c4cc(N(c5ccccc5)c5ccccc5)cc5c4sc4ccccc45)cc3)c2)OC1(C)C. The van der Waals surface area contributed by atoms with Crippen molar-refractivity contribution in [1.29, 1.82) is 0 Å². The van der Waals surface area contributed by atoms with E-state index in [-0.39, 0.29) is 18.3 Å². The quantitative estimate of drug-likeness (QED) is 0.171. The molecule has 1 fully saturated rings. The van der Waals surface area contributed by atoms with Crippen LogP contribution in [0.1, 0.15) is 27.7 Å². The van der Waals surface area contributed by atoms with Crippen LogP contribution in [0.3, 0.4) is 0 Å². The Hall–Kier alpha value is -4.68. The summed E-state index contributed by atoms with van der Waals surface area (Å²) in [5, 5.41) is 2.56. The maximum atomic E-state index is 6.35. The van der Waals surface area contributed by atoms with E-state index >= 15 is 0 Å². The van der Waals surface area contributed by atoms with Gasteiger partial charge in [0.05, 0.1) is 11.2 Å². The smallest absolute Gasteiger partial charge is 0.399 e. The Balaban J connectivity index is 1.23. The molecule has 6 aromatic carbocycles. The van der Waals surface area contributed by atoms with Crippen molar-refractivity contribution in [3.8, 4) is 22.3 Å². The van der Waals surface area contributed by atoms with Gasteiger partial charge in [-0.25, -0.2) is 0 Å². The van der Waals surface area contributed by atoms with Crippen molar-refractivity contribution in [3.05, 3.63) is 146 Å². The van der Waals surface area contributed by atoms with E-state index in [0.717, 1.165) is 33.7 Å². The third kappa shape index (κ3) is 5.35. The van der Waals surface area contributed by atoms with Crippen LogP contribution in [0.4, 0.5) is 17.1 Å². The molecule has 0 atom stereocenters. The number of anilines is 3. The minimum Gasteiger partial charge on any atom is -0.399 e. The van der Waals surface area contributed by atoms with E-state index in [1.807, 2.05) is 11.3 Å². The van der Waals surface area contributed by atoms with Gasteiger partial charge in [-0.1, -0.05) is 103 Å². The first-order valence-electron chi connectivity index (χ1n) is 16.2. The van der Waals surface area contributed by atoms with Crippen LogP contribution >= 0.6 is 11.3 Å². The number of thiophene rings is 1. The highest BCUT2D eigenvalue weighted by molar-refractivity contribution is 7.26. The predicted molar refractivity (Wildman–Crippen MR) is 201 cm³/mol. The molecule has 8 rings (SSSR count). The van der Waals surface area contributed by atoms with Gasteiger partial charge >= 0.3 is 7.12 Å². The van der Waals surface area contributed by atoms with Crippen LogP contribution in [0.25, 0.3) is 42.4 Å². The van der Waals surface area contributed by atoms with Crippen LogP contribution in [0.5, 0.6) is 0 Å².